The molecule has 0 aliphatic heterocycles. The Hall–Kier alpha value is -1.38. The van der Waals surface area contributed by atoms with E-state index in [4.69, 9.17) is 11.6 Å². The van der Waals surface area contributed by atoms with Gasteiger partial charge in [-0.3, -0.25) is 4.98 Å². The molecule has 0 bridgehead atoms. The van der Waals surface area contributed by atoms with Crippen LogP contribution in [0, 0.1) is 0 Å². The van der Waals surface area contributed by atoms with Gasteiger partial charge in [0.25, 0.3) is 0 Å². The molecule has 20 heavy (non-hydrogen) atoms. The Balaban J connectivity index is 2.04. The van der Waals surface area contributed by atoms with E-state index >= 15 is 0 Å². The molecule has 1 heterocycles. The maximum atomic E-state index is 11.3. The highest BCUT2D eigenvalue weighted by atomic mass is 35.5. The van der Waals surface area contributed by atoms with Gasteiger partial charge in [-0.05, 0) is 36.5 Å². The highest BCUT2D eigenvalue weighted by Crippen LogP contribution is 2.46. The number of aryl methyl sites for hydroxylation is 1. The molecule has 0 amide bonds. The van der Waals surface area contributed by atoms with E-state index in [-0.39, 0.29) is 5.92 Å². The monoisotopic (exact) mass is 287 g/mol. The summed E-state index contributed by atoms with van der Waals surface area (Å²) in [5.41, 5.74) is 2.29. The summed E-state index contributed by atoms with van der Waals surface area (Å²) >= 11 is 5.96. The third-order valence-corrected chi connectivity index (χ3v) is 4.47. The molecule has 0 fully saturated rings. The van der Waals surface area contributed by atoms with Crippen molar-refractivity contribution >= 4 is 11.6 Å². The lowest BCUT2D eigenvalue weighted by Gasteiger charge is -2.34. The van der Waals surface area contributed by atoms with Crippen molar-refractivity contribution < 1.29 is 5.11 Å². The van der Waals surface area contributed by atoms with Gasteiger partial charge in [0, 0.05) is 23.7 Å². The molecule has 2 unspecified atom stereocenters. The zero-order valence-corrected chi connectivity index (χ0v) is 12.1. The van der Waals surface area contributed by atoms with E-state index in [1.165, 1.54) is 5.56 Å². The van der Waals surface area contributed by atoms with E-state index in [1.54, 1.807) is 0 Å². The Bertz CT molecular complexity index is 587. The number of alkyl halides is 1. The Morgan fingerprint density at radius 3 is 2.75 bits per heavy atom. The first-order chi connectivity index (χ1) is 9.75. The van der Waals surface area contributed by atoms with Crippen LogP contribution in [0.1, 0.15) is 35.6 Å². The van der Waals surface area contributed by atoms with Crippen molar-refractivity contribution in [3.8, 4) is 0 Å². The fourth-order valence-electron chi connectivity index (χ4n) is 3.27. The third-order valence-electron chi connectivity index (χ3n) is 4.28. The van der Waals surface area contributed by atoms with Gasteiger partial charge in [-0.15, -0.1) is 11.6 Å². The van der Waals surface area contributed by atoms with Crippen LogP contribution in [0.2, 0.25) is 0 Å². The summed E-state index contributed by atoms with van der Waals surface area (Å²) in [6.07, 6.45) is 4.25. The van der Waals surface area contributed by atoms with Gasteiger partial charge < -0.3 is 5.11 Å². The van der Waals surface area contributed by atoms with Gasteiger partial charge >= 0.3 is 0 Å². The van der Waals surface area contributed by atoms with Crippen molar-refractivity contribution in [2.75, 3.05) is 5.88 Å². The lowest BCUT2D eigenvalue weighted by molar-refractivity contribution is 0.00301. The summed E-state index contributed by atoms with van der Waals surface area (Å²) < 4.78 is 0. The number of nitrogens with zero attached hydrogens (tertiary/aromatic N) is 1. The zero-order valence-electron chi connectivity index (χ0n) is 11.3. The van der Waals surface area contributed by atoms with Gasteiger partial charge in [0.05, 0.1) is 5.60 Å². The SMILES string of the molecule is OC(CCCl)(c1ccccc1)C1CCc2cccnc21. The van der Waals surface area contributed by atoms with E-state index in [1.807, 2.05) is 42.6 Å². The number of benzene rings is 1. The summed E-state index contributed by atoms with van der Waals surface area (Å²) in [5.74, 6) is 0.462. The summed E-state index contributed by atoms with van der Waals surface area (Å²) in [7, 11) is 0. The van der Waals surface area contributed by atoms with Crippen molar-refractivity contribution in [2.45, 2.75) is 30.8 Å². The smallest absolute Gasteiger partial charge is 0.0991 e. The first-order valence-electron chi connectivity index (χ1n) is 7.03. The fourth-order valence-corrected chi connectivity index (χ4v) is 3.56. The van der Waals surface area contributed by atoms with E-state index in [2.05, 4.69) is 11.1 Å². The van der Waals surface area contributed by atoms with Crippen LogP contribution in [0.25, 0.3) is 0 Å². The molecular weight excluding hydrogens is 270 g/mol. The maximum Gasteiger partial charge on any atom is 0.0991 e. The minimum Gasteiger partial charge on any atom is -0.384 e. The van der Waals surface area contributed by atoms with Crippen LogP contribution >= 0.6 is 11.6 Å². The highest BCUT2D eigenvalue weighted by Gasteiger charge is 2.42. The second kappa shape index (κ2) is 5.55. The number of pyridine rings is 1. The fraction of sp³-hybridized carbons (Fsp3) is 0.353. The Kier molecular flexibility index (Phi) is 3.77. The lowest BCUT2D eigenvalue weighted by atomic mass is 9.77. The topological polar surface area (TPSA) is 33.1 Å². The molecule has 0 spiro atoms. The van der Waals surface area contributed by atoms with Crippen LogP contribution in [0.4, 0.5) is 0 Å². The molecule has 0 radical (unpaired) electrons. The molecule has 1 N–H and O–H groups in total. The number of fused-ring (bicyclic) bond motifs is 1. The summed E-state index contributed by atoms with van der Waals surface area (Å²) in [4.78, 5) is 4.51. The Morgan fingerprint density at radius 2 is 2.00 bits per heavy atom. The first-order valence-corrected chi connectivity index (χ1v) is 7.57. The molecule has 2 atom stereocenters. The molecule has 0 saturated heterocycles. The van der Waals surface area contributed by atoms with Crippen molar-refractivity contribution in [1.82, 2.24) is 4.98 Å². The predicted octanol–water partition coefficient (Wildman–Crippen LogP) is 3.63. The van der Waals surface area contributed by atoms with Crippen LogP contribution in [-0.4, -0.2) is 16.0 Å². The normalized spacial score (nSPS) is 20.4. The summed E-state index contributed by atoms with van der Waals surface area (Å²) in [6.45, 7) is 0. The van der Waals surface area contributed by atoms with E-state index in [0.717, 1.165) is 24.1 Å². The Morgan fingerprint density at radius 1 is 1.20 bits per heavy atom. The number of aromatic nitrogens is 1. The van der Waals surface area contributed by atoms with Crippen molar-refractivity contribution in [1.29, 1.82) is 0 Å². The molecule has 2 aromatic rings. The first kappa shape index (κ1) is 13.6. The second-order valence-electron chi connectivity index (χ2n) is 5.37. The molecule has 0 saturated carbocycles. The summed E-state index contributed by atoms with van der Waals surface area (Å²) in [5, 5.41) is 11.3. The van der Waals surface area contributed by atoms with Gasteiger partial charge in [-0.1, -0.05) is 36.4 Å². The van der Waals surface area contributed by atoms with Crippen LogP contribution in [0.5, 0.6) is 0 Å². The molecule has 1 aromatic carbocycles. The highest BCUT2D eigenvalue weighted by molar-refractivity contribution is 6.17. The maximum absolute atomic E-state index is 11.3. The Labute approximate surface area is 124 Å². The average molecular weight is 288 g/mol. The predicted molar refractivity (Wildman–Crippen MR) is 81.0 cm³/mol. The van der Waals surface area contributed by atoms with Crippen LogP contribution in [0.15, 0.2) is 48.7 Å². The molecule has 104 valence electrons. The van der Waals surface area contributed by atoms with Crippen LogP contribution < -0.4 is 0 Å². The minimum atomic E-state index is -0.928. The van der Waals surface area contributed by atoms with Gasteiger partial charge in [0.1, 0.15) is 0 Å². The second-order valence-corrected chi connectivity index (χ2v) is 5.75. The zero-order chi connectivity index (χ0) is 14.0. The van der Waals surface area contributed by atoms with Gasteiger partial charge in [0.15, 0.2) is 0 Å². The molecule has 1 aliphatic carbocycles. The van der Waals surface area contributed by atoms with Crippen LogP contribution in [-0.2, 0) is 12.0 Å². The largest absolute Gasteiger partial charge is 0.384 e. The molecule has 2 nitrogen and oxygen atoms in total. The number of hydrogen-bond donors (Lipinski definition) is 1. The number of halogens is 1. The molecule has 1 aliphatic rings. The lowest BCUT2D eigenvalue weighted by Crippen LogP contribution is -2.33. The molecule has 1 aromatic heterocycles. The number of hydrogen-bond acceptors (Lipinski definition) is 2. The van der Waals surface area contributed by atoms with Crippen molar-refractivity contribution in [3.05, 3.63) is 65.5 Å². The van der Waals surface area contributed by atoms with Crippen molar-refractivity contribution in [2.24, 2.45) is 0 Å². The number of aliphatic hydroxyl groups is 1. The quantitative estimate of drug-likeness (QED) is 0.871. The molecule has 3 heteroatoms. The molecule has 3 rings (SSSR count). The van der Waals surface area contributed by atoms with E-state index in [9.17, 15) is 5.11 Å². The van der Waals surface area contributed by atoms with Gasteiger partial charge in [-0.2, -0.15) is 0 Å². The minimum absolute atomic E-state index is 0.0276. The number of rotatable bonds is 4. The molecular formula is C17H18ClNO. The third kappa shape index (κ3) is 2.23. The van der Waals surface area contributed by atoms with E-state index < -0.39 is 5.60 Å². The summed E-state index contributed by atoms with van der Waals surface area (Å²) in [6, 6.07) is 13.9. The van der Waals surface area contributed by atoms with Gasteiger partial charge in [-0.25, -0.2) is 0 Å². The van der Waals surface area contributed by atoms with E-state index in [0.29, 0.717) is 12.3 Å². The standard InChI is InChI=1S/C17H18ClNO/c18-11-10-17(20,14-6-2-1-3-7-14)15-9-8-13-5-4-12-19-16(13)15/h1-7,12,15,20H,8-11H2. The average Bonchev–Trinajstić information content (AvgIpc) is 2.93. The van der Waals surface area contributed by atoms with Crippen LogP contribution in [0.3, 0.4) is 0 Å². The van der Waals surface area contributed by atoms with Crippen molar-refractivity contribution in [3.63, 3.8) is 0 Å². The van der Waals surface area contributed by atoms with Gasteiger partial charge in [0.2, 0.25) is 0 Å².